The Bertz CT molecular complexity index is 632. The Hall–Kier alpha value is -2.43. The lowest BCUT2D eigenvalue weighted by Crippen LogP contribution is -2.38. The largest absolute Gasteiger partial charge is 0.338 e. The number of nitrogens with one attached hydrogen (secondary N) is 2. The van der Waals surface area contributed by atoms with Gasteiger partial charge in [-0.3, -0.25) is 0 Å². The number of benzene rings is 2. The SMILES string of the molecule is C[C@H](NC(=O)NCCc1ccccc1)c1ccc(F)c(F)c1. The Labute approximate surface area is 128 Å². The molecule has 2 amide bonds. The Morgan fingerprint density at radius 2 is 1.82 bits per heavy atom. The molecule has 0 saturated carbocycles. The van der Waals surface area contributed by atoms with Gasteiger partial charge in [0.15, 0.2) is 11.6 Å². The highest BCUT2D eigenvalue weighted by atomic mass is 19.2. The van der Waals surface area contributed by atoms with E-state index in [0.29, 0.717) is 12.1 Å². The fourth-order valence-corrected chi connectivity index (χ4v) is 2.08. The van der Waals surface area contributed by atoms with E-state index >= 15 is 0 Å². The predicted molar refractivity (Wildman–Crippen MR) is 81.5 cm³/mol. The van der Waals surface area contributed by atoms with E-state index in [9.17, 15) is 13.6 Å². The number of hydrogen-bond donors (Lipinski definition) is 2. The Kier molecular flexibility index (Phi) is 5.47. The van der Waals surface area contributed by atoms with Crippen LogP contribution in [0.15, 0.2) is 48.5 Å². The molecule has 0 unspecified atom stereocenters. The van der Waals surface area contributed by atoms with Gasteiger partial charge in [0.25, 0.3) is 0 Å². The molecule has 0 aromatic heterocycles. The monoisotopic (exact) mass is 304 g/mol. The molecule has 2 N–H and O–H groups in total. The van der Waals surface area contributed by atoms with Crippen LogP contribution in [0.25, 0.3) is 0 Å². The average molecular weight is 304 g/mol. The summed E-state index contributed by atoms with van der Waals surface area (Å²) in [5, 5.41) is 5.43. The molecule has 0 heterocycles. The third-order valence-electron chi connectivity index (χ3n) is 3.33. The molecule has 5 heteroatoms. The van der Waals surface area contributed by atoms with E-state index in [1.54, 1.807) is 6.92 Å². The number of amides is 2. The van der Waals surface area contributed by atoms with Gasteiger partial charge in [0, 0.05) is 6.54 Å². The molecular weight excluding hydrogens is 286 g/mol. The first-order valence-electron chi connectivity index (χ1n) is 7.09. The molecule has 0 aliphatic carbocycles. The molecule has 0 radical (unpaired) electrons. The molecule has 0 aliphatic rings. The molecule has 1 atom stereocenters. The number of carbonyl (C=O) groups is 1. The van der Waals surface area contributed by atoms with Crippen LogP contribution >= 0.6 is 0 Å². The van der Waals surface area contributed by atoms with Gasteiger partial charge in [0.05, 0.1) is 6.04 Å². The molecule has 116 valence electrons. The Morgan fingerprint density at radius 1 is 1.09 bits per heavy atom. The van der Waals surface area contributed by atoms with Gasteiger partial charge in [-0.2, -0.15) is 0 Å². The lowest BCUT2D eigenvalue weighted by Gasteiger charge is -2.15. The summed E-state index contributed by atoms with van der Waals surface area (Å²) >= 11 is 0. The fraction of sp³-hybridized carbons (Fsp3) is 0.235. The predicted octanol–water partition coefficient (Wildman–Crippen LogP) is 3.57. The average Bonchev–Trinajstić information content (AvgIpc) is 2.51. The van der Waals surface area contributed by atoms with Crippen LogP contribution in [0.4, 0.5) is 13.6 Å². The Balaban J connectivity index is 1.80. The smallest absolute Gasteiger partial charge is 0.315 e. The second kappa shape index (κ2) is 7.54. The summed E-state index contributed by atoms with van der Waals surface area (Å²) in [5.74, 6) is -1.82. The molecule has 2 aromatic rings. The third-order valence-corrected chi connectivity index (χ3v) is 3.33. The quantitative estimate of drug-likeness (QED) is 0.871. The van der Waals surface area contributed by atoms with Crippen LogP contribution in [-0.4, -0.2) is 12.6 Å². The number of carbonyl (C=O) groups excluding carboxylic acids is 1. The van der Waals surface area contributed by atoms with E-state index in [-0.39, 0.29) is 6.03 Å². The van der Waals surface area contributed by atoms with Crippen molar-refractivity contribution in [3.63, 3.8) is 0 Å². The van der Waals surface area contributed by atoms with Crippen molar-refractivity contribution in [1.82, 2.24) is 10.6 Å². The summed E-state index contributed by atoms with van der Waals surface area (Å²) in [4.78, 5) is 11.8. The first-order chi connectivity index (χ1) is 10.6. The van der Waals surface area contributed by atoms with Crippen molar-refractivity contribution >= 4 is 6.03 Å². The van der Waals surface area contributed by atoms with Crippen LogP contribution in [0.3, 0.4) is 0 Å². The molecule has 0 fully saturated rings. The molecule has 2 rings (SSSR count). The maximum Gasteiger partial charge on any atom is 0.315 e. The summed E-state index contributed by atoms with van der Waals surface area (Å²) in [6.07, 6.45) is 0.730. The summed E-state index contributed by atoms with van der Waals surface area (Å²) < 4.78 is 26.0. The van der Waals surface area contributed by atoms with Crippen molar-refractivity contribution in [3.05, 3.63) is 71.3 Å². The van der Waals surface area contributed by atoms with Crippen LogP contribution in [0.5, 0.6) is 0 Å². The zero-order valence-corrected chi connectivity index (χ0v) is 12.3. The van der Waals surface area contributed by atoms with Crippen molar-refractivity contribution in [1.29, 1.82) is 0 Å². The minimum absolute atomic E-state index is 0.340. The van der Waals surface area contributed by atoms with Gasteiger partial charge >= 0.3 is 6.03 Å². The zero-order chi connectivity index (χ0) is 15.9. The molecule has 2 aromatic carbocycles. The minimum Gasteiger partial charge on any atom is -0.338 e. The molecular formula is C17H18F2N2O. The van der Waals surface area contributed by atoms with Gasteiger partial charge in [-0.25, -0.2) is 13.6 Å². The van der Waals surface area contributed by atoms with Gasteiger partial charge < -0.3 is 10.6 Å². The second-order valence-electron chi connectivity index (χ2n) is 5.03. The highest BCUT2D eigenvalue weighted by molar-refractivity contribution is 5.74. The first kappa shape index (κ1) is 15.9. The highest BCUT2D eigenvalue weighted by Gasteiger charge is 2.11. The third kappa shape index (κ3) is 4.55. The summed E-state index contributed by atoms with van der Waals surface area (Å²) in [7, 11) is 0. The van der Waals surface area contributed by atoms with E-state index < -0.39 is 17.7 Å². The number of hydrogen-bond acceptors (Lipinski definition) is 1. The van der Waals surface area contributed by atoms with E-state index in [0.717, 1.165) is 24.1 Å². The molecule has 0 saturated heterocycles. The van der Waals surface area contributed by atoms with Crippen LogP contribution in [-0.2, 0) is 6.42 Å². The standard InChI is InChI=1S/C17H18F2N2O/c1-12(14-7-8-15(18)16(19)11-14)21-17(22)20-10-9-13-5-3-2-4-6-13/h2-8,11-12H,9-10H2,1H3,(H2,20,21,22)/t12-/m0/s1. The molecule has 22 heavy (non-hydrogen) atoms. The maximum absolute atomic E-state index is 13.2. The van der Waals surface area contributed by atoms with Gasteiger partial charge in [0.2, 0.25) is 0 Å². The highest BCUT2D eigenvalue weighted by Crippen LogP contribution is 2.15. The van der Waals surface area contributed by atoms with E-state index in [1.807, 2.05) is 30.3 Å². The minimum atomic E-state index is -0.921. The number of rotatable bonds is 5. The lowest BCUT2D eigenvalue weighted by atomic mass is 10.1. The summed E-state index contributed by atoms with van der Waals surface area (Å²) in [5.41, 5.74) is 1.65. The Morgan fingerprint density at radius 3 is 2.50 bits per heavy atom. The number of halogens is 2. The van der Waals surface area contributed by atoms with Gasteiger partial charge in [0.1, 0.15) is 0 Å². The second-order valence-corrected chi connectivity index (χ2v) is 5.03. The molecule has 3 nitrogen and oxygen atoms in total. The van der Waals surface area contributed by atoms with Crippen molar-refractivity contribution in [2.75, 3.05) is 6.54 Å². The zero-order valence-electron chi connectivity index (χ0n) is 12.3. The first-order valence-corrected chi connectivity index (χ1v) is 7.09. The maximum atomic E-state index is 13.2. The molecule has 0 spiro atoms. The van der Waals surface area contributed by atoms with Crippen molar-refractivity contribution in [2.24, 2.45) is 0 Å². The van der Waals surface area contributed by atoms with E-state index in [1.165, 1.54) is 6.07 Å². The fourth-order valence-electron chi connectivity index (χ4n) is 2.08. The normalized spacial score (nSPS) is 11.8. The van der Waals surface area contributed by atoms with Crippen LogP contribution in [0.1, 0.15) is 24.1 Å². The molecule has 0 bridgehead atoms. The lowest BCUT2D eigenvalue weighted by molar-refractivity contribution is 0.238. The summed E-state index contributed by atoms with van der Waals surface area (Å²) in [6.45, 7) is 2.21. The molecule has 0 aliphatic heterocycles. The van der Waals surface area contributed by atoms with Gasteiger partial charge in [-0.15, -0.1) is 0 Å². The number of urea groups is 1. The topological polar surface area (TPSA) is 41.1 Å². The van der Waals surface area contributed by atoms with Crippen molar-refractivity contribution in [3.8, 4) is 0 Å². The van der Waals surface area contributed by atoms with Crippen molar-refractivity contribution in [2.45, 2.75) is 19.4 Å². The van der Waals surface area contributed by atoms with Crippen LogP contribution < -0.4 is 10.6 Å². The van der Waals surface area contributed by atoms with Gasteiger partial charge in [-0.1, -0.05) is 36.4 Å². The van der Waals surface area contributed by atoms with E-state index in [4.69, 9.17) is 0 Å². The van der Waals surface area contributed by atoms with E-state index in [2.05, 4.69) is 10.6 Å². The summed E-state index contributed by atoms with van der Waals surface area (Å²) in [6, 6.07) is 12.6. The van der Waals surface area contributed by atoms with Crippen molar-refractivity contribution < 1.29 is 13.6 Å². The van der Waals surface area contributed by atoms with Crippen LogP contribution in [0, 0.1) is 11.6 Å². The van der Waals surface area contributed by atoms with Crippen LogP contribution in [0.2, 0.25) is 0 Å². The van der Waals surface area contributed by atoms with Gasteiger partial charge in [-0.05, 0) is 36.6 Å².